The molecule has 0 aromatic carbocycles. The summed E-state index contributed by atoms with van der Waals surface area (Å²) in [7, 11) is 0. The van der Waals surface area contributed by atoms with Gasteiger partial charge in [-0.1, -0.05) is 0 Å². The summed E-state index contributed by atoms with van der Waals surface area (Å²) < 4.78 is 10.5. The Bertz CT molecular complexity index is 594. The van der Waals surface area contributed by atoms with Gasteiger partial charge >= 0.3 is 0 Å². The molecule has 2 aromatic rings. The van der Waals surface area contributed by atoms with Crippen molar-refractivity contribution in [3.05, 3.63) is 42.1 Å². The third-order valence-corrected chi connectivity index (χ3v) is 3.17. The minimum absolute atomic E-state index is 0.247. The summed E-state index contributed by atoms with van der Waals surface area (Å²) in [6, 6.07) is 5.18. The van der Waals surface area contributed by atoms with Crippen LogP contribution in [0.1, 0.15) is 16.2 Å². The van der Waals surface area contributed by atoms with Crippen molar-refractivity contribution in [1.82, 2.24) is 15.3 Å². The van der Waals surface area contributed by atoms with E-state index in [0.717, 1.165) is 13.1 Å². The molecular formula is C14H16N4O3. The lowest BCUT2D eigenvalue weighted by Crippen LogP contribution is -2.37. The van der Waals surface area contributed by atoms with Gasteiger partial charge in [0.25, 0.3) is 5.91 Å². The molecule has 1 fully saturated rings. The van der Waals surface area contributed by atoms with Crippen molar-refractivity contribution in [2.75, 3.05) is 31.2 Å². The highest BCUT2D eigenvalue weighted by Gasteiger charge is 2.16. The number of rotatable bonds is 4. The van der Waals surface area contributed by atoms with Crippen LogP contribution < -0.4 is 10.2 Å². The van der Waals surface area contributed by atoms with E-state index in [1.165, 1.54) is 0 Å². The van der Waals surface area contributed by atoms with E-state index in [1.54, 1.807) is 30.7 Å². The van der Waals surface area contributed by atoms with Gasteiger partial charge in [-0.15, -0.1) is 0 Å². The monoisotopic (exact) mass is 288 g/mol. The highest BCUT2D eigenvalue weighted by Crippen LogP contribution is 2.10. The smallest absolute Gasteiger partial charge is 0.270 e. The molecule has 0 atom stereocenters. The number of nitrogens with one attached hydrogen (secondary N) is 1. The van der Waals surface area contributed by atoms with Crippen molar-refractivity contribution in [1.29, 1.82) is 0 Å². The predicted octanol–water partition coefficient (Wildman–Crippen LogP) is 0.836. The van der Waals surface area contributed by atoms with E-state index in [4.69, 9.17) is 9.15 Å². The second-order valence-corrected chi connectivity index (χ2v) is 4.60. The number of hydrogen-bond donors (Lipinski definition) is 1. The molecule has 0 bridgehead atoms. The van der Waals surface area contributed by atoms with Gasteiger partial charge in [-0.25, -0.2) is 9.97 Å². The van der Waals surface area contributed by atoms with E-state index in [0.29, 0.717) is 37.2 Å². The fraction of sp³-hybridized carbons (Fsp3) is 0.357. The number of morpholine rings is 1. The van der Waals surface area contributed by atoms with E-state index >= 15 is 0 Å². The molecule has 1 saturated heterocycles. The first-order chi connectivity index (χ1) is 10.3. The summed E-state index contributed by atoms with van der Waals surface area (Å²) in [5.74, 6) is 1.01. The van der Waals surface area contributed by atoms with E-state index in [9.17, 15) is 4.79 Å². The summed E-state index contributed by atoms with van der Waals surface area (Å²) in [6.45, 7) is 3.11. The summed E-state index contributed by atoms with van der Waals surface area (Å²) in [5, 5.41) is 2.77. The highest BCUT2D eigenvalue weighted by molar-refractivity contribution is 5.92. The van der Waals surface area contributed by atoms with Gasteiger partial charge in [0.1, 0.15) is 11.5 Å². The maximum atomic E-state index is 12.1. The zero-order valence-electron chi connectivity index (χ0n) is 11.5. The van der Waals surface area contributed by atoms with Gasteiger partial charge in [-0.3, -0.25) is 4.79 Å². The van der Waals surface area contributed by atoms with Gasteiger partial charge in [0.05, 0.1) is 26.0 Å². The largest absolute Gasteiger partial charge is 0.467 e. The number of ether oxygens (including phenoxy) is 1. The molecule has 1 aliphatic heterocycles. The Morgan fingerprint density at radius 2 is 2.19 bits per heavy atom. The lowest BCUT2D eigenvalue weighted by atomic mass is 10.3. The summed E-state index contributed by atoms with van der Waals surface area (Å²) in [4.78, 5) is 22.6. The molecule has 7 nitrogen and oxygen atoms in total. The average Bonchev–Trinajstić information content (AvgIpc) is 3.07. The predicted molar refractivity (Wildman–Crippen MR) is 74.9 cm³/mol. The normalized spacial score (nSPS) is 15.0. The van der Waals surface area contributed by atoms with Crippen LogP contribution in [0.3, 0.4) is 0 Å². The average molecular weight is 288 g/mol. The lowest BCUT2D eigenvalue weighted by molar-refractivity contribution is 0.0942. The Morgan fingerprint density at radius 3 is 2.95 bits per heavy atom. The second kappa shape index (κ2) is 6.36. The summed E-state index contributed by atoms with van der Waals surface area (Å²) in [6.07, 6.45) is 3.17. The number of nitrogens with zero attached hydrogens (tertiary/aromatic N) is 3. The fourth-order valence-electron chi connectivity index (χ4n) is 2.06. The minimum atomic E-state index is -0.247. The minimum Gasteiger partial charge on any atom is -0.467 e. The first-order valence-corrected chi connectivity index (χ1v) is 6.79. The van der Waals surface area contributed by atoms with E-state index in [-0.39, 0.29) is 5.91 Å². The standard InChI is InChI=1S/C14H16N4O3/c19-13(16-10-11-2-1-7-21-11)12-3-4-15-14(17-12)18-5-8-20-9-6-18/h1-4,7H,5-6,8-10H2,(H,16,19). The molecule has 3 rings (SSSR count). The van der Waals surface area contributed by atoms with Crippen LogP contribution in [0.15, 0.2) is 35.1 Å². The van der Waals surface area contributed by atoms with Crippen LogP contribution in [-0.4, -0.2) is 42.2 Å². The molecule has 1 aliphatic rings. The van der Waals surface area contributed by atoms with Gasteiger partial charge in [-0.2, -0.15) is 0 Å². The van der Waals surface area contributed by atoms with Crippen LogP contribution in [0.25, 0.3) is 0 Å². The first-order valence-electron chi connectivity index (χ1n) is 6.79. The SMILES string of the molecule is O=C(NCc1ccco1)c1ccnc(N2CCOCC2)n1. The molecule has 2 aromatic heterocycles. The Morgan fingerprint density at radius 1 is 1.33 bits per heavy atom. The van der Waals surface area contributed by atoms with Crippen molar-refractivity contribution >= 4 is 11.9 Å². The molecule has 7 heteroatoms. The molecular weight excluding hydrogens is 272 g/mol. The molecule has 21 heavy (non-hydrogen) atoms. The third kappa shape index (κ3) is 3.38. The molecule has 1 amide bonds. The Labute approximate surface area is 121 Å². The summed E-state index contributed by atoms with van der Waals surface area (Å²) in [5.41, 5.74) is 0.345. The van der Waals surface area contributed by atoms with Gasteiger partial charge in [0.2, 0.25) is 5.95 Å². The number of carbonyl (C=O) groups is 1. The van der Waals surface area contributed by atoms with Crippen LogP contribution >= 0.6 is 0 Å². The zero-order chi connectivity index (χ0) is 14.5. The van der Waals surface area contributed by atoms with Crippen LogP contribution in [0.5, 0.6) is 0 Å². The lowest BCUT2D eigenvalue weighted by Gasteiger charge is -2.26. The van der Waals surface area contributed by atoms with Gasteiger partial charge < -0.3 is 19.4 Å². The van der Waals surface area contributed by atoms with Crippen molar-refractivity contribution in [3.63, 3.8) is 0 Å². The summed E-state index contributed by atoms with van der Waals surface area (Å²) >= 11 is 0. The topological polar surface area (TPSA) is 80.5 Å². The van der Waals surface area contributed by atoms with Crippen LogP contribution in [0.4, 0.5) is 5.95 Å². The molecule has 0 saturated carbocycles. The van der Waals surface area contributed by atoms with Crippen molar-refractivity contribution in [3.8, 4) is 0 Å². The van der Waals surface area contributed by atoms with E-state index in [2.05, 4.69) is 15.3 Å². The molecule has 0 radical (unpaired) electrons. The van der Waals surface area contributed by atoms with Gasteiger partial charge in [0.15, 0.2) is 0 Å². The van der Waals surface area contributed by atoms with E-state index < -0.39 is 0 Å². The van der Waals surface area contributed by atoms with E-state index in [1.807, 2.05) is 4.90 Å². The second-order valence-electron chi connectivity index (χ2n) is 4.60. The maximum Gasteiger partial charge on any atom is 0.270 e. The number of aromatic nitrogens is 2. The van der Waals surface area contributed by atoms with Crippen LogP contribution in [-0.2, 0) is 11.3 Å². The Hall–Kier alpha value is -2.41. The number of furan rings is 1. The quantitative estimate of drug-likeness (QED) is 0.898. The van der Waals surface area contributed by atoms with Crippen molar-refractivity contribution in [2.45, 2.75) is 6.54 Å². The highest BCUT2D eigenvalue weighted by atomic mass is 16.5. The Balaban J connectivity index is 1.65. The molecule has 0 spiro atoms. The number of anilines is 1. The van der Waals surface area contributed by atoms with Crippen molar-refractivity contribution in [2.24, 2.45) is 0 Å². The molecule has 0 aliphatic carbocycles. The number of carbonyl (C=O) groups excluding carboxylic acids is 1. The fourth-order valence-corrected chi connectivity index (χ4v) is 2.06. The van der Waals surface area contributed by atoms with Crippen LogP contribution in [0.2, 0.25) is 0 Å². The first kappa shape index (κ1) is 13.6. The third-order valence-electron chi connectivity index (χ3n) is 3.17. The zero-order valence-corrected chi connectivity index (χ0v) is 11.5. The Kier molecular flexibility index (Phi) is 4.11. The molecule has 3 heterocycles. The molecule has 1 N–H and O–H groups in total. The van der Waals surface area contributed by atoms with Crippen molar-refractivity contribution < 1.29 is 13.9 Å². The maximum absolute atomic E-state index is 12.1. The van der Waals surface area contributed by atoms with Gasteiger partial charge in [0, 0.05) is 19.3 Å². The molecule has 110 valence electrons. The number of hydrogen-bond acceptors (Lipinski definition) is 6. The number of amides is 1. The van der Waals surface area contributed by atoms with Crippen LogP contribution in [0, 0.1) is 0 Å². The van der Waals surface area contributed by atoms with Gasteiger partial charge in [-0.05, 0) is 18.2 Å². The molecule has 0 unspecified atom stereocenters.